The standard InChI is InChI=1S/C23H23N3O2/c1-15-23(26-21(28)12-8-16-5-3-2-4-6-16)25-20-11-9-18-13-17(14-27)7-10-19(18)22(20)24-15/h2-7,10,13,27H,8-9,11-12,14H2,1H3,(H,25,26,28). The van der Waals surface area contributed by atoms with Crippen LogP contribution >= 0.6 is 0 Å². The maximum absolute atomic E-state index is 12.4. The van der Waals surface area contributed by atoms with E-state index in [9.17, 15) is 9.90 Å². The Labute approximate surface area is 164 Å². The van der Waals surface area contributed by atoms with Crippen molar-refractivity contribution >= 4 is 11.7 Å². The van der Waals surface area contributed by atoms with Gasteiger partial charge in [0.25, 0.3) is 0 Å². The number of carbonyl (C=O) groups excluding carboxylic acids is 1. The van der Waals surface area contributed by atoms with Gasteiger partial charge < -0.3 is 10.4 Å². The maximum Gasteiger partial charge on any atom is 0.225 e. The number of benzene rings is 2. The van der Waals surface area contributed by atoms with Gasteiger partial charge in [0, 0.05) is 12.0 Å². The van der Waals surface area contributed by atoms with Gasteiger partial charge in [-0.1, -0.05) is 48.5 Å². The molecule has 0 radical (unpaired) electrons. The number of nitrogens with zero attached hydrogens (tertiary/aromatic N) is 2. The van der Waals surface area contributed by atoms with E-state index in [1.165, 1.54) is 5.56 Å². The molecule has 5 nitrogen and oxygen atoms in total. The number of hydrogen-bond acceptors (Lipinski definition) is 4. The molecule has 5 heteroatoms. The Balaban J connectivity index is 1.52. The molecule has 0 aliphatic heterocycles. The number of anilines is 1. The first-order valence-corrected chi connectivity index (χ1v) is 9.58. The van der Waals surface area contributed by atoms with Gasteiger partial charge in [-0.25, -0.2) is 9.97 Å². The molecular weight excluding hydrogens is 350 g/mol. The van der Waals surface area contributed by atoms with Crippen molar-refractivity contribution in [3.05, 3.63) is 76.6 Å². The number of rotatable bonds is 5. The number of aliphatic hydroxyl groups is 1. The van der Waals surface area contributed by atoms with Crippen molar-refractivity contribution in [3.63, 3.8) is 0 Å². The summed E-state index contributed by atoms with van der Waals surface area (Å²) in [5, 5.41) is 12.3. The van der Waals surface area contributed by atoms with Crippen LogP contribution in [0.3, 0.4) is 0 Å². The van der Waals surface area contributed by atoms with E-state index < -0.39 is 0 Å². The molecule has 1 heterocycles. The van der Waals surface area contributed by atoms with Crippen LogP contribution in [0.15, 0.2) is 48.5 Å². The highest BCUT2D eigenvalue weighted by Gasteiger charge is 2.21. The number of nitrogens with one attached hydrogen (secondary N) is 1. The lowest BCUT2D eigenvalue weighted by molar-refractivity contribution is -0.116. The van der Waals surface area contributed by atoms with Gasteiger partial charge in [-0.15, -0.1) is 0 Å². The quantitative estimate of drug-likeness (QED) is 0.716. The first kappa shape index (κ1) is 18.3. The second kappa shape index (κ2) is 7.90. The molecule has 0 saturated carbocycles. The third-order valence-electron chi connectivity index (χ3n) is 5.12. The van der Waals surface area contributed by atoms with Gasteiger partial charge in [0.15, 0.2) is 5.82 Å². The topological polar surface area (TPSA) is 75.1 Å². The van der Waals surface area contributed by atoms with Crippen LogP contribution < -0.4 is 5.32 Å². The lowest BCUT2D eigenvalue weighted by Crippen LogP contribution is -2.17. The van der Waals surface area contributed by atoms with Crippen LogP contribution in [0.5, 0.6) is 0 Å². The molecule has 1 aliphatic carbocycles. The van der Waals surface area contributed by atoms with Gasteiger partial charge in [0.2, 0.25) is 5.91 Å². The molecule has 3 aromatic rings. The zero-order valence-electron chi connectivity index (χ0n) is 15.9. The number of carbonyl (C=O) groups is 1. The summed E-state index contributed by atoms with van der Waals surface area (Å²) in [6.45, 7) is 1.91. The molecule has 0 bridgehead atoms. The molecular formula is C23H23N3O2. The van der Waals surface area contributed by atoms with E-state index in [2.05, 4.69) is 5.32 Å². The van der Waals surface area contributed by atoms with Crippen molar-refractivity contribution in [2.45, 2.75) is 39.2 Å². The van der Waals surface area contributed by atoms with E-state index in [4.69, 9.17) is 9.97 Å². The SMILES string of the molecule is Cc1nc2c(nc1NC(=O)CCc1ccccc1)CCc1cc(CO)ccc1-2. The Kier molecular flexibility index (Phi) is 5.17. The molecule has 4 rings (SSSR count). The summed E-state index contributed by atoms with van der Waals surface area (Å²) in [6, 6.07) is 15.9. The first-order chi connectivity index (χ1) is 13.6. The average molecular weight is 373 g/mol. The summed E-state index contributed by atoms with van der Waals surface area (Å²) in [5.41, 5.74) is 6.81. The second-order valence-corrected chi connectivity index (χ2v) is 7.14. The predicted molar refractivity (Wildman–Crippen MR) is 109 cm³/mol. The van der Waals surface area contributed by atoms with Gasteiger partial charge >= 0.3 is 0 Å². The van der Waals surface area contributed by atoms with E-state index in [-0.39, 0.29) is 12.5 Å². The van der Waals surface area contributed by atoms with Crippen LogP contribution in [0.2, 0.25) is 0 Å². The lowest BCUT2D eigenvalue weighted by Gasteiger charge is -2.20. The molecule has 142 valence electrons. The molecule has 0 unspecified atom stereocenters. The Hall–Kier alpha value is -3.05. The summed E-state index contributed by atoms with van der Waals surface area (Å²) in [4.78, 5) is 21.8. The summed E-state index contributed by atoms with van der Waals surface area (Å²) in [6.07, 6.45) is 2.74. The molecule has 0 saturated heterocycles. The van der Waals surface area contributed by atoms with Crippen LogP contribution in [0.1, 0.15) is 34.5 Å². The van der Waals surface area contributed by atoms with Crippen LogP contribution in [-0.4, -0.2) is 21.0 Å². The number of fused-ring (bicyclic) bond motifs is 3. The number of aromatic nitrogens is 2. The maximum atomic E-state index is 12.4. The fourth-order valence-electron chi connectivity index (χ4n) is 3.60. The average Bonchev–Trinajstić information content (AvgIpc) is 2.73. The molecule has 0 atom stereocenters. The fourth-order valence-corrected chi connectivity index (χ4v) is 3.60. The molecule has 0 spiro atoms. The van der Waals surface area contributed by atoms with Crippen molar-refractivity contribution in [2.75, 3.05) is 5.32 Å². The molecule has 1 aromatic heterocycles. The number of hydrogen-bond donors (Lipinski definition) is 2. The highest BCUT2D eigenvalue weighted by molar-refractivity contribution is 5.90. The van der Waals surface area contributed by atoms with Crippen molar-refractivity contribution in [3.8, 4) is 11.3 Å². The van der Waals surface area contributed by atoms with Gasteiger partial charge in [-0.3, -0.25) is 4.79 Å². The van der Waals surface area contributed by atoms with Gasteiger partial charge in [-0.05, 0) is 42.9 Å². The second-order valence-electron chi connectivity index (χ2n) is 7.14. The predicted octanol–water partition coefficient (Wildman–Crippen LogP) is 3.61. The fraction of sp³-hybridized carbons (Fsp3) is 0.261. The van der Waals surface area contributed by atoms with E-state index in [0.717, 1.165) is 40.9 Å². The van der Waals surface area contributed by atoms with Crippen LogP contribution in [0.25, 0.3) is 11.3 Å². The zero-order chi connectivity index (χ0) is 19.5. The van der Waals surface area contributed by atoms with Crippen molar-refractivity contribution in [1.82, 2.24) is 9.97 Å². The Bertz CT molecular complexity index is 1020. The minimum absolute atomic E-state index is 0.0405. The van der Waals surface area contributed by atoms with E-state index in [1.54, 1.807) is 0 Å². The molecule has 2 N–H and O–H groups in total. The third kappa shape index (κ3) is 3.80. The highest BCUT2D eigenvalue weighted by Crippen LogP contribution is 2.33. The number of aliphatic hydroxyl groups excluding tert-OH is 1. The molecule has 1 amide bonds. The van der Waals surface area contributed by atoms with Crippen LogP contribution in [0, 0.1) is 6.92 Å². The monoisotopic (exact) mass is 373 g/mol. The largest absolute Gasteiger partial charge is 0.392 e. The van der Waals surface area contributed by atoms with Crippen LogP contribution in [-0.2, 0) is 30.7 Å². The molecule has 0 fully saturated rings. The highest BCUT2D eigenvalue weighted by atomic mass is 16.3. The van der Waals surface area contributed by atoms with Gasteiger partial charge in [0.05, 0.1) is 23.7 Å². The Morgan fingerprint density at radius 3 is 2.68 bits per heavy atom. The van der Waals surface area contributed by atoms with Gasteiger partial charge in [-0.2, -0.15) is 0 Å². The van der Waals surface area contributed by atoms with E-state index in [1.807, 2.05) is 55.5 Å². The van der Waals surface area contributed by atoms with Crippen LogP contribution in [0.4, 0.5) is 5.82 Å². The minimum Gasteiger partial charge on any atom is -0.392 e. The minimum atomic E-state index is -0.0509. The smallest absolute Gasteiger partial charge is 0.225 e. The van der Waals surface area contributed by atoms with E-state index >= 15 is 0 Å². The lowest BCUT2D eigenvalue weighted by atomic mass is 9.90. The van der Waals surface area contributed by atoms with Crippen molar-refractivity contribution in [1.29, 1.82) is 0 Å². The van der Waals surface area contributed by atoms with E-state index in [0.29, 0.717) is 24.4 Å². The normalized spacial score (nSPS) is 12.2. The number of aryl methyl sites for hydroxylation is 4. The van der Waals surface area contributed by atoms with Crippen molar-refractivity contribution < 1.29 is 9.90 Å². The summed E-state index contributed by atoms with van der Waals surface area (Å²) < 4.78 is 0. The Morgan fingerprint density at radius 1 is 1.07 bits per heavy atom. The Morgan fingerprint density at radius 2 is 1.89 bits per heavy atom. The zero-order valence-corrected chi connectivity index (χ0v) is 15.9. The van der Waals surface area contributed by atoms with Gasteiger partial charge in [0.1, 0.15) is 0 Å². The molecule has 1 aliphatic rings. The molecule has 2 aromatic carbocycles. The third-order valence-corrected chi connectivity index (χ3v) is 5.12. The summed E-state index contributed by atoms with van der Waals surface area (Å²) in [5.74, 6) is 0.497. The molecule has 28 heavy (non-hydrogen) atoms. The number of amides is 1. The summed E-state index contributed by atoms with van der Waals surface area (Å²) >= 11 is 0. The summed E-state index contributed by atoms with van der Waals surface area (Å²) in [7, 11) is 0. The van der Waals surface area contributed by atoms with Crippen molar-refractivity contribution in [2.24, 2.45) is 0 Å². The first-order valence-electron chi connectivity index (χ1n) is 9.58.